The normalized spacial score (nSPS) is 33.5. The highest BCUT2D eigenvalue weighted by Crippen LogP contribution is 2.48. The first-order valence-corrected chi connectivity index (χ1v) is 8.60. The van der Waals surface area contributed by atoms with E-state index in [1.165, 1.54) is 22.8 Å². The molecular weight excluding hydrogens is 286 g/mol. The number of benzene rings is 2. The number of fused-ring (bicyclic) bond motifs is 3. The third kappa shape index (κ3) is 2.26. The summed E-state index contributed by atoms with van der Waals surface area (Å²) in [6, 6.07) is 15.3. The molecule has 0 saturated carbocycles. The quantitative estimate of drug-likeness (QED) is 0.884. The van der Waals surface area contributed by atoms with Gasteiger partial charge in [0.1, 0.15) is 0 Å². The van der Waals surface area contributed by atoms with Gasteiger partial charge in [-0.2, -0.15) is 0 Å². The Bertz CT molecular complexity index is 756. The van der Waals surface area contributed by atoms with Gasteiger partial charge in [-0.1, -0.05) is 43.3 Å². The number of hydrogen-bond donors (Lipinski definition) is 2. The van der Waals surface area contributed by atoms with Crippen molar-refractivity contribution in [3.8, 4) is 0 Å². The van der Waals surface area contributed by atoms with Crippen molar-refractivity contribution >= 4 is 16.7 Å². The van der Waals surface area contributed by atoms with Gasteiger partial charge in [0.15, 0.2) is 0 Å². The van der Waals surface area contributed by atoms with Gasteiger partial charge < -0.3 is 10.4 Å². The first kappa shape index (κ1) is 14.7. The Kier molecular flexibility index (Phi) is 3.42. The molecule has 2 aromatic carbocycles. The fourth-order valence-corrected chi connectivity index (χ4v) is 4.80. The number of carboxylic acids is 1. The zero-order valence-corrected chi connectivity index (χ0v) is 13.5. The van der Waals surface area contributed by atoms with Gasteiger partial charge in [0.05, 0.1) is 5.92 Å². The second-order valence-corrected chi connectivity index (χ2v) is 7.24. The van der Waals surface area contributed by atoms with Crippen LogP contribution >= 0.6 is 0 Å². The summed E-state index contributed by atoms with van der Waals surface area (Å²) in [4.78, 5) is 11.8. The molecule has 4 unspecified atom stereocenters. The van der Waals surface area contributed by atoms with Crippen LogP contribution in [-0.2, 0) is 10.3 Å². The van der Waals surface area contributed by atoms with Crippen molar-refractivity contribution in [2.75, 3.05) is 0 Å². The van der Waals surface area contributed by atoms with E-state index in [1.807, 2.05) is 0 Å². The lowest BCUT2D eigenvalue weighted by atomic mass is 9.62. The summed E-state index contributed by atoms with van der Waals surface area (Å²) >= 11 is 0. The molecule has 0 spiro atoms. The van der Waals surface area contributed by atoms with E-state index in [0.717, 1.165) is 19.3 Å². The van der Waals surface area contributed by atoms with Gasteiger partial charge in [0, 0.05) is 11.6 Å². The Balaban J connectivity index is 1.83. The summed E-state index contributed by atoms with van der Waals surface area (Å²) in [5, 5.41) is 16.0. The highest BCUT2D eigenvalue weighted by molar-refractivity contribution is 5.83. The molecule has 2 N–H and O–H groups in total. The van der Waals surface area contributed by atoms with Gasteiger partial charge in [0.25, 0.3) is 0 Å². The molecule has 3 nitrogen and oxygen atoms in total. The molecule has 4 rings (SSSR count). The summed E-state index contributed by atoms with van der Waals surface area (Å²) in [7, 11) is 0. The molecule has 2 bridgehead atoms. The van der Waals surface area contributed by atoms with Crippen LogP contribution in [-0.4, -0.2) is 17.1 Å². The van der Waals surface area contributed by atoms with E-state index >= 15 is 0 Å². The Hall–Kier alpha value is -1.87. The highest BCUT2D eigenvalue weighted by atomic mass is 16.4. The molecule has 2 heterocycles. The van der Waals surface area contributed by atoms with Crippen molar-refractivity contribution in [3.05, 3.63) is 48.0 Å². The molecule has 2 aliphatic heterocycles. The Morgan fingerprint density at radius 2 is 2.00 bits per heavy atom. The van der Waals surface area contributed by atoms with Gasteiger partial charge in [0.2, 0.25) is 0 Å². The number of carboxylic acid groups (broad SMARTS) is 1. The fraction of sp³-hybridized carbons (Fsp3) is 0.450. The zero-order chi connectivity index (χ0) is 16.0. The van der Waals surface area contributed by atoms with Crippen LogP contribution in [0.2, 0.25) is 0 Å². The van der Waals surface area contributed by atoms with Crippen LogP contribution in [0.1, 0.15) is 38.2 Å². The van der Waals surface area contributed by atoms with Crippen LogP contribution < -0.4 is 5.32 Å². The lowest BCUT2D eigenvalue weighted by Gasteiger charge is -2.53. The van der Waals surface area contributed by atoms with E-state index in [1.54, 1.807) is 0 Å². The van der Waals surface area contributed by atoms with Crippen molar-refractivity contribution in [2.45, 2.75) is 44.2 Å². The number of aliphatic carboxylic acids is 1. The summed E-state index contributed by atoms with van der Waals surface area (Å²) in [6.45, 7) is 2.11. The van der Waals surface area contributed by atoms with Gasteiger partial charge in [-0.05, 0) is 54.0 Å². The molecule has 2 aromatic rings. The van der Waals surface area contributed by atoms with Crippen molar-refractivity contribution in [2.24, 2.45) is 11.8 Å². The van der Waals surface area contributed by atoms with Crippen LogP contribution in [0.4, 0.5) is 0 Å². The highest BCUT2D eigenvalue weighted by Gasteiger charge is 2.51. The predicted molar refractivity (Wildman–Crippen MR) is 91.3 cm³/mol. The molecular formula is C20H23NO2. The molecule has 2 fully saturated rings. The Morgan fingerprint density at radius 3 is 2.78 bits per heavy atom. The molecule has 120 valence electrons. The molecule has 3 heteroatoms. The third-order valence-electron chi connectivity index (χ3n) is 6.09. The molecule has 23 heavy (non-hydrogen) atoms. The molecule has 2 saturated heterocycles. The number of carbonyl (C=O) groups is 1. The summed E-state index contributed by atoms with van der Waals surface area (Å²) in [5.41, 5.74) is 1.05. The lowest BCUT2D eigenvalue weighted by Crippen LogP contribution is -2.62. The van der Waals surface area contributed by atoms with Gasteiger partial charge in [-0.15, -0.1) is 0 Å². The van der Waals surface area contributed by atoms with E-state index in [4.69, 9.17) is 0 Å². The molecule has 0 aromatic heterocycles. The fourth-order valence-electron chi connectivity index (χ4n) is 4.80. The number of nitrogens with one attached hydrogen (secondary N) is 1. The molecule has 4 atom stereocenters. The van der Waals surface area contributed by atoms with Crippen LogP contribution in [0.5, 0.6) is 0 Å². The van der Waals surface area contributed by atoms with E-state index in [-0.39, 0.29) is 17.4 Å². The van der Waals surface area contributed by atoms with Crippen LogP contribution in [0, 0.1) is 11.8 Å². The second kappa shape index (κ2) is 5.34. The van der Waals surface area contributed by atoms with Crippen molar-refractivity contribution in [1.29, 1.82) is 0 Å². The number of piperidine rings is 2. The van der Waals surface area contributed by atoms with Crippen molar-refractivity contribution < 1.29 is 9.90 Å². The summed E-state index contributed by atoms with van der Waals surface area (Å²) in [5.74, 6) is -0.804. The largest absolute Gasteiger partial charge is 0.481 e. The summed E-state index contributed by atoms with van der Waals surface area (Å²) in [6.07, 6.45) is 4.03. The maximum atomic E-state index is 11.8. The second-order valence-electron chi connectivity index (χ2n) is 7.24. The van der Waals surface area contributed by atoms with Crippen LogP contribution in [0.25, 0.3) is 10.8 Å². The monoisotopic (exact) mass is 309 g/mol. The molecule has 0 aliphatic carbocycles. The van der Waals surface area contributed by atoms with E-state index in [9.17, 15) is 9.90 Å². The third-order valence-corrected chi connectivity index (χ3v) is 6.09. The molecule has 2 aliphatic rings. The molecule has 0 amide bonds. The first-order valence-electron chi connectivity index (χ1n) is 8.60. The standard InChI is InChI=1S/C20H23NO2/c1-13-18(19(22)23)12-17-7-4-10-20(13,21-17)16-9-8-14-5-2-3-6-15(14)11-16/h2-3,5-6,8-9,11,13,17-18,21H,4,7,10,12H2,1H3,(H,22,23). The predicted octanol–water partition coefficient (Wildman–Crippen LogP) is 3.92. The van der Waals surface area contributed by atoms with E-state index < -0.39 is 5.97 Å². The summed E-state index contributed by atoms with van der Waals surface area (Å²) < 4.78 is 0. The van der Waals surface area contributed by atoms with Gasteiger partial charge in [-0.3, -0.25) is 4.79 Å². The van der Waals surface area contributed by atoms with Crippen molar-refractivity contribution in [3.63, 3.8) is 0 Å². The Morgan fingerprint density at radius 1 is 1.22 bits per heavy atom. The average Bonchev–Trinajstić information content (AvgIpc) is 2.57. The zero-order valence-electron chi connectivity index (χ0n) is 13.5. The maximum Gasteiger partial charge on any atom is 0.306 e. The van der Waals surface area contributed by atoms with E-state index in [2.05, 4.69) is 54.7 Å². The van der Waals surface area contributed by atoms with Gasteiger partial charge in [-0.25, -0.2) is 0 Å². The smallest absolute Gasteiger partial charge is 0.306 e. The topological polar surface area (TPSA) is 49.3 Å². The number of hydrogen-bond acceptors (Lipinski definition) is 2. The van der Waals surface area contributed by atoms with Crippen molar-refractivity contribution in [1.82, 2.24) is 5.32 Å². The minimum Gasteiger partial charge on any atom is -0.481 e. The Labute approximate surface area is 136 Å². The minimum atomic E-state index is -0.643. The van der Waals surface area contributed by atoms with Gasteiger partial charge >= 0.3 is 5.97 Å². The van der Waals surface area contributed by atoms with Crippen LogP contribution in [0.3, 0.4) is 0 Å². The number of rotatable bonds is 2. The molecule has 0 radical (unpaired) electrons. The maximum absolute atomic E-state index is 11.8. The SMILES string of the molecule is CC1C(C(=O)O)CC2CCCC1(c1ccc3ccccc3c1)N2. The van der Waals surface area contributed by atoms with E-state index in [0.29, 0.717) is 6.04 Å². The minimum absolute atomic E-state index is 0.0951. The lowest BCUT2D eigenvalue weighted by molar-refractivity contribution is -0.148. The first-order chi connectivity index (χ1) is 11.1. The van der Waals surface area contributed by atoms with Crippen LogP contribution in [0.15, 0.2) is 42.5 Å². The average molecular weight is 309 g/mol.